The third kappa shape index (κ3) is 2.88. The Hall–Kier alpha value is -0.970. The molecule has 0 spiro atoms. The van der Waals surface area contributed by atoms with E-state index in [1.165, 1.54) is 5.56 Å². The van der Waals surface area contributed by atoms with Crippen LogP contribution in [-0.2, 0) is 6.54 Å². The third-order valence-corrected chi connectivity index (χ3v) is 4.02. The van der Waals surface area contributed by atoms with Crippen LogP contribution in [0, 0.1) is 5.92 Å². The second kappa shape index (κ2) is 5.78. The number of benzene rings is 1. The van der Waals surface area contributed by atoms with E-state index in [2.05, 4.69) is 17.9 Å². The summed E-state index contributed by atoms with van der Waals surface area (Å²) in [5.74, 6) is 0.564. The first-order chi connectivity index (χ1) is 8.61. The van der Waals surface area contributed by atoms with E-state index < -0.39 is 0 Å². The van der Waals surface area contributed by atoms with E-state index in [4.69, 9.17) is 18.0 Å². The summed E-state index contributed by atoms with van der Waals surface area (Å²) in [4.78, 5) is 2.77. The van der Waals surface area contributed by atoms with Gasteiger partial charge in [-0.3, -0.25) is 4.90 Å². The van der Waals surface area contributed by atoms with Gasteiger partial charge in [-0.05, 0) is 30.5 Å². The fourth-order valence-electron chi connectivity index (χ4n) is 2.64. The lowest BCUT2D eigenvalue weighted by atomic mass is 10.0. The van der Waals surface area contributed by atoms with Gasteiger partial charge in [0.15, 0.2) is 0 Å². The summed E-state index contributed by atoms with van der Waals surface area (Å²) in [7, 11) is 0. The standard InChI is InChI=1S/C14H20N2OS/c1-10-5-6-16(13(10)9-17)8-11-3-2-4-12(7-11)14(15)18/h2-4,7,10,13,17H,5-6,8-9H2,1H3,(H2,15,18). The maximum absolute atomic E-state index is 9.45. The molecule has 0 amide bonds. The van der Waals surface area contributed by atoms with E-state index >= 15 is 0 Å². The Kier molecular flexibility index (Phi) is 4.32. The summed E-state index contributed by atoms with van der Waals surface area (Å²) in [5, 5.41) is 9.45. The van der Waals surface area contributed by atoms with Crippen LogP contribution in [0.15, 0.2) is 24.3 Å². The molecule has 98 valence electrons. The summed E-state index contributed by atoms with van der Waals surface area (Å²) in [6.45, 7) is 4.33. The van der Waals surface area contributed by atoms with Crippen molar-refractivity contribution in [3.05, 3.63) is 35.4 Å². The molecule has 0 aliphatic carbocycles. The van der Waals surface area contributed by atoms with Gasteiger partial charge in [0.25, 0.3) is 0 Å². The summed E-state index contributed by atoms with van der Waals surface area (Å²) in [5.41, 5.74) is 7.76. The lowest BCUT2D eigenvalue weighted by Gasteiger charge is -2.25. The van der Waals surface area contributed by atoms with Crippen molar-refractivity contribution in [1.29, 1.82) is 0 Å². The predicted molar refractivity (Wildman–Crippen MR) is 77.4 cm³/mol. The number of likely N-dealkylation sites (tertiary alicyclic amines) is 1. The van der Waals surface area contributed by atoms with Gasteiger partial charge in [0.1, 0.15) is 4.99 Å². The van der Waals surface area contributed by atoms with Gasteiger partial charge in [0, 0.05) is 18.2 Å². The van der Waals surface area contributed by atoms with Crippen molar-refractivity contribution in [3.63, 3.8) is 0 Å². The van der Waals surface area contributed by atoms with Crippen molar-refractivity contribution in [3.8, 4) is 0 Å². The van der Waals surface area contributed by atoms with Gasteiger partial charge in [-0.25, -0.2) is 0 Å². The number of nitrogens with zero attached hydrogens (tertiary/aromatic N) is 1. The summed E-state index contributed by atoms with van der Waals surface area (Å²) >= 11 is 4.99. The minimum Gasteiger partial charge on any atom is -0.395 e. The molecule has 1 heterocycles. The van der Waals surface area contributed by atoms with Crippen LogP contribution in [0.1, 0.15) is 24.5 Å². The highest BCUT2D eigenvalue weighted by molar-refractivity contribution is 7.80. The van der Waals surface area contributed by atoms with Crippen LogP contribution in [0.3, 0.4) is 0 Å². The van der Waals surface area contributed by atoms with Gasteiger partial charge >= 0.3 is 0 Å². The van der Waals surface area contributed by atoms with Crippen LogP contribution < -0.4 is 5.73 Å². The smallest absolute Gasteiger partial charge is 0.103 e. The topological polar surface area (TPSA) is 49.5 Å². The summed E-state index contributed by atoms with van der Waals surface area (Å²) in [6, 6.07) is 8.32. The molecule has 1 aromatic carbocycles. The molecular weight excluding hydrogens is 244 g/mol. The Bertz CT molecular complexity index is 436. The van der Waals surface area contributed by atoms with Gasteiger partial charge in [-0.2, -0.15) is 0 Å². The molecule has 3 N–H and O–H groups in total. The van der Waals surface area contributed by atoms with Crippen LogP contribution in [-0.4, -0.2) is 34.2 Å². The minimum atomic E-state index is 0.232. The first-order valence-corrected chi connectivity index (χ1v) is 6.76. The Labute approximate surface area is 114 Å². The highest BCUT2D eigenvalue weighted by Crippen LogP contribution is 2.25. The summed E-state index contributed by atoms with van der Waals surface area (Å²) in [6.07, 6.45) is 1.15. The van der Waals surface area contributed by atoms with Crippen molar-refractivity contribution in [2.75, 3.05) is 13.2 Å². The average molecular weight is 264 g/mol. The van der Waals surface area contributed by atoms with Crippen molar-refractivity contribution >= 4 is 17.2 Å². The van der Waals surface area contributed by atoms with Crippen molar-refractivity contribution in [1.82, 2.24) is 4.90 Å². The van der Waals surface area contributed by atoms with Gasteiger partial charge in [0.2, 0.25) is 0 Å². The first-order valence-electron chi connectivity index (χ1n) is 6.35. The Morgan fingerprint density at radius 3 is 3.00 bits per heavy atom. The average Bonchev–Trinajstić information content (AvgIpc) is 2.70. The summed E-state index contributed by atoms with van der Waals surface area (Å²) < 4.78 is 0. The second-order valence-electron chi connectivity index (χ2n) is 5.05. The Morgan fingerprint density at radius 1 is 1.56 bits per heavy atom. The van der Waals surface area contributed by atoms with Gasteiger partial charge in [0.05, 0.1) is 6.61 Å². The molecule has 1 aliphatic heterocycles. The number of aliphatic hydroxyl groups excluding tert-OH is 1. The predicted octanol–water partition coefficient (Wildman–Crippen LogP) is 1.52. The van der Waals surface area contributed by atoms with Crippen LogP contribution >= 0.6 is 12.2 Å². The quantitative estimate of drug-likeness (QED) is 0.810. The van der Waals surface area contributed by atoms with E-state index in [1.807, 2.05) is 18.2 Å². The molecule has 1 saturated heterocycles. The number of hydrogen-bond donors (Lipinski definition) is 2. The SMILES string of the molecule is CC1CCN(Cc2cccc(C(N)=S)c2)C1CO. The lowest BCUT2D eigenvalue weighted by Crippen LogP contribution is -2.34. The molecular formula is C14H20N2OS. The third-order valence-electron chi connectivity index (χ3n) is 3.78. The molecule has 18 heavy (non-hydrogen) atoms. The van der Waals surface area contributed by atoms with Crippen molar-refractivity contribution < 1.29 is 5.11 Å². The highest BCUT2D eigenvalue weighted by Gasteiger charge is 2.30. The van der Waals surface area contributed by atoms with Crippen LogP contribution in [0.2, 0.25) is 0 Å². The van der Waals surface area contributed by atoms with E-state index in [-0.39, 0.29) is 12.6 Å². The van der Waals surface area contributed by atoms with Crippen LogP contribution in [0.4, 0.5) is 0 Å². The van der Waals surface area contributed by atoms with E-state index in [1.54, 1.807) is 0 Å². The first kappa shape index (κ1) is 13.5. The molecule has 3 nitrogen and oxygen atoms in total. The van der Waals surface area contributed by atoms with Gasteiger partial charge in [-0.15, -0.1) is 0 Å². The molecule has 2 unspecified atom stereocenters. The van der Waals surface area contributed by atoms with Gasteiger partial charge in [-0.1, -0.05) is 37.3 Å². The maximum atomic E-state index is 9.45. The molecule has 1 fully saturated rings. The monoisotopic (exact) mass is 264 g/mol. The molecule has 1 aliphatic rings. The van der Waals surface area contributed by atoms with Crippen molar-refractivity contribution in [2.24, 2.45) is 11.7 Å². The fraction of sp³-hybridized carbons (Fsp3) is 0.500. The number of hydrogen-bond acceptors (Lipinski definition) is 3. The molecule has 2 rings (SSSR count). The number of aliphatic hydroxyl groups is 1. The molecule has 0 bridgehead atoms. The fourth-order valence-corrected chi connectivity index (χ4v) is 2.76. The Morgan fingerprint density at radius 2 is 2.33 bits per heavy atom. The molecule has 1 aromatic rings. The molecule has 2 atom stereocenters. The zero-order valence-corrected chi connectivity index (χ0v) is 11.5. The Balaban J connectivity index is 2.09. The van der Waals surface area contributed by atoms with E-state index in [0.29, 0.717) is 10.9 Å². The van der Waals surface area contributed by atoms with E-state index in [0.717, 1.165) is 25.1 Å². The number of thiocarbonyl (C=S) groups is 1. The molecule has 0 aromatic heterocycles. The molecule has 0 saturated carbocycles. The van der Waals surface area contributed by atoms with Gasteiger partial charge < -0.3 is 10.8 Å². The largest absolute Gasteiger partial charge is 0.395 e. The van der Waals surface area contributed by atoms with Crippen LogP contribution in [0.25, 0.3) is 0 Å². The maximum Gasteiger partial charge on any atom is 0.103 e. The highest BCUT2D eigenvalue weighted by atomic mass is 32.1. The minimum absolute atomic E-state index is 0.232. The molecule has 4 heteroatoms. The van der Waals surface area contributed by atoms with Crippen LogP contribution in [0.5, 0.6) is 0 Å². The zero-order valence-electron chi connectivity index (χ0n) is 10.7. The zero-order chi connectivity index (χ0) is 13.1. The second-order valence-corrected chi connectivity index (χ2v) is 5.49. The molecule has 0 radical (unpaired) electrons. The lowest BCUT2D eigenvalue weighted by molar-refractivity contribution is 0.134. The van der Waals surface area contributed by atoms with E-state index in [9.17, 15) is 5.11 Å². The normalized spacial score (nSPS) is 24.3. The van der Waals surface area contributed by atoms with Crippen molar-refractivity contribution in [2.45, 2.75) is 25.9 Å². The number of nitrogens with two attached hydrogens (primary N) is 1. The number of rotatable bonds is 4.